The largest absolute Gasteiger partial charge is 0.331 e. The fourth-order valence-corrected chi connectivity index (χ4v) is 3.70. The Morgan fingerprint density at radius 2 is 1.91 bits per heavy atom. The molecule has 12 heteroatoms. The zero-order chi connectivity index (χ0) is 23.7. The topological polar surface area (TPSA) is 115 Å². The van der Waals surface area contributed by atoms with Crippen LogP contribution in [0.25, 0.3) is 11.4 Å². The average Bonchev–Trinajstić information content (AvgIpc) is 3.47. The van der Waals surface area contributed by atoms with Gasteiger partial charge in [-0.2, -0.15) is 10.2 Å². The minimum absolute atomic E-state index is 0.0162. The Labute approximate surface area is 199 Å². The van der Waals surface area contributed by atoms with E-state index >= 15 is 0 Å². The lowest BCUT2D eigenvalue weighted by atomic mass is 10.2. The molecule has 1 aliphatic rings. The maximum absolute atomic E-state index is 13.9. The van der Waals surface area contributed by atoms with Gasteiger partial charge in [0.15, 0.2) is 11.6 Å². The number of benzene rings is 1. The number of nitrogens with zero attached hydrogens (tertiary/aromatic N) is 7. The average molecular weight is 482 g/mol. The maximum atomic E-state index is 13.9. The van der Waals surface area contributed by atoms with Gasteiger partial charge in [-0.1, -0.05) is 11.6 Å². The van der Waals surface area contributed by atoms with Crippen molar-refractivity contribution in [1.29, 1.82) is 0 Å². The van der Waals surface area contributed by atoms with Gasteiger partial charge in [-0.05, 0) is 49.4 Å². The van der Waals surface area contributed by atoms with E-state index in [-0.39, 0.29) is 18.1 Å². The molecule has 3 heterocycles. The molecular weight excluding hydrogens is 461 g/mol. The molecule has 0 saturated heterocycles. The third kappa shape index (κ3) is 4.74. The number of pyridine rings is 1. The number of rotatable bonds is 7. The van der Waals surface area contributed by atoms with Crippen LogP contribution < -0.4 is 10.6 Å². The van der Waals surface area contributed by atoms with E-state index in [9.17, 15) is 9.18 Å². The van der Waals surface area contributed by atoms with E-state index in [1.807, 2.05) is 6.20 Å². The van der Waals surface area contributed by atoms with Crippen molar-refractivity contribution in [2.24, 2.45) is 0 Å². The van der Waals surface area contributed by atoms with Crippen molar-refractivity contribution in [3.63, 3.8) is 0 Å². The number of hydrogen-bond acceptors (Lipinski definition) is 6. The zero-order valence-electron chi connectivity index (χ0n) is 18.2. The molecule has 2 amide bonds. The molecule has 0 bridgehead atoms. The normalized spacial score (nSPS) is 13.1. The van der Waals surface area contributed by atoms with Crippen LogP contribution in [0.1, 0.15) is 41.8 Å². The molecule has 2 N–H and O–H groups in total. The fraction of sp³-hybridized carbons (Fsp3) is 0.273. The van der Waals surface area contributed by atoms with Gasteiger partial charge in [-0.3, -0.25) is 4.98 Å². The number of carbonyl (C=O) groups excluding carboxylic acids is 1. The Hall–Kier alpha value is -3.86. The number of halogens is 2. The lowest BCUT2D eigenvalue weighted by Gasteiger charge is -2.10. The predicted octanol–water partition coefficient (Wildman–Crippen LogP) is 3.22. The Morgan fingerprint density at radius 3 is 2.68 bits per heavy atom. The number of urea groups is 1. The first-order valence-corrected chi connectivity index (χ1v) is 11.1. The summed E-state index contributed by atoms with van der Waals surface area (Å²) in [5.41, 5.74) is 2.44. The van der Waals surface area contributed by atoms with Gasteiger partial charge in [0, 0.05) is 12.3 Å². The Balaban J connectivity index is 1.22. The number of carbonyl (C=O) groups is 1. The molecule has 3 aromatic heterocycles. The number of aryl methyl sites for hydroxylation is 1. The molecule has 0 atom stereocenters. The van der Waals surface area contributed by atoms with Crippen molar-refractivity contribution in [3.05, 3.63) is 76.9 Å². The molecule has 0 spiro atoms. The second kappa shape index (κ2) is 9.18. The summed E-state index contributed by atoms with van der Waals surface area (Å²) in [5.74, 6) is 1.51. The van der Waals surface area contributed by atoms with E-state index in [2.05, 4.69) is 41.8 Å². The van der Waals surface area contributed by atoms with Crippen molar-refractivity contribution < 1.29 is 9.18 Å². The van der Waals surface area contributed by atoms with Gasteiger partial charge in [-0.25, -0.2) is 28.5 Å². The first-order valence-electron chi connectivity index (χ1n) is 10.7. The molecule has 4 aromatic rings. The van der Waals surface area contributed by atoms with Crippen LogP contribution in [0, 0.1) is 12.7 Å². The molecule has 1 aliphatic carbocycles. The molecule has 1 fully saturated rings. The molecule has 1 aromatic carbocycles. The molecule has 1 saturated carbocycles. The molecule has 174 valence electrons. The molecule has 5 rings (SSSR count). The van der Waals surface area contributed by atoms with Crippen LogP contribution in [0.4, 0.5) is 9.18 Å². The summed E-state index contributed by atoms with van der Waals surface area (Å²) in [5, 5.41) is 14.1. The van der Waals surface area contributed by atoms with Crippen LogP contribution in [-0.4, -0.2) is 40.5 Å². The van der Waals surface area contributed by atoms with Crippen LogP contribution >= 0.6 is 11.6 Å². The monoisotopic (exact) mass is 481 g/mol. The molecule has 0 aliphatic heterocycles. The van der Waals surface area contributed by atoms with Gasteiger partial charge in [0.05, 0.1) is 35.7 Å². The summed E-state index contributed by atoms with van der Waals surface area (Å²) in [6.45, 7) is 1.96. The highest BCUT2D eigenvalue weighted by Gasteiger charge is 2.24. The highest BCUT2D eigenvalue weighted by molar-refractivity contribution is 6.30. The smallest absolute Gasteiger partial charge is 0.315 e. The zero-order valence-corrected chi connectivity index (χ0v) is 19.0. The first-order chi connectivity index (χ1) is 16.5. The second-order valence-corrected chi connectivity index (χ2v) is 8.37. The Morgan fingerprint density at radius 1 is 1.12 bits per heavy atom. The van der Waals surface area contributed by atoms with Crippen LogP contribution in [0.15, 0.2) is 43.0 Å². The molecule has 10 nitrogen and oxygen atoms in total. The summed E-state index contributed by atoms with van der Waals surface area (Å²) < 4.78 is 17.0. The summed E-state index contributed by atoms with van der Waals surface area (Å²) in [6, 6.07) is 5.97. The molecule has 0 unspecified atom stereocenters. The van der Waals surface area contributed by atoms with Gasteiger partial charge >= 0.3 is 6.03 Å². The van der Waals surface area contributed by atoms with Gasteiger partial charge < -0.3 is 10.6 Å². The van der Waals surface area contributed by atoms with Gasteiger partial charge in [0.25, 0.3) is 0 Å². The van der Waals surface area contributed by atoms with E-state index in [4.69, 9.17) is 11.6 Å². The lowest BCUT2D eigenvalue weighted by molar-refractivity contribution is 0.239. The third-order valence-corrected chi connectivity index (χ3v) is 5.71. The van der Waals surface area contributed by atoms with Crippen molar-refractivity contribution in [2.45, 2.75) is 38.8 Å². The number of aromatic nitrogens is 7. The molecular formula is C22H21ClFN9O. The molecule has 0 radical (unpaired) electrons. The standard InChI is InChI=1S/C22H21ClFN9O/c1-13-30-21(33(31-13)16-4-5-18(23)19(24)7-16)11-27-22(34)26-10-20-28-12-29-32(20)17-6-15(8-25-9-17)14-2-3-14/h4-9,12,14H,2-3,10-11H2,1H3,(H2,26,27,34). The number of amides is 2. The van der Waals surface area contributed by atoms with Gasteiger partial charge in [0.2, 0.25) is 0 Å². The highest BCUT2D eigenvalue weighted by Crippen LogP contribution is 2.40. The van der Waals surface area contributed by atoms with E-state index in [0.29, 0.717) is 29.1 Å². The minimum atomic E-state index is -0.564. The van der Waals surface area contributed by atoms with E-state index in [1.54, 1.807) is 23.9 Å². The van der Waals surface area contributed by atoms with Crippen LogP contribution in [0.5, 0.6) is 0 Å². The lowest BCUT2D eigenvalue weighted by Crippen LogP contribution is -2.36. The van der Waals surface area contributed by atoms with Crippen LogP contribution in [-0.2, 0) is 13.1 Å². The predicted molar refractivity (Wildman–Crippen MR) is 121 cm³/mol. The highest BCUT2D eigenvalue weighted by atomic mass is 35.5. The summed E-state index contributed by atoms with van der Waals surface area (Å²) >= 11 is 5.77. The van der Waals surface area contributed by atoms with E-state index in [0.717, 1.165) is 5.69 Å². The van der Waals surface area contributed by atoms with Crippen LogP contribution in [0.2, 0.25) is 5.02 Å². The van der Waals surface area contributed by atoms with Crippen molar-refractivity contribution >= 4 is 17.6 Å². The molecule has 34 heavy (non-hydrogen) atoms. The Kier molecular flexibility index (Phi) is 5.93. The Bertz CT molecular complexity index is 1350. The summed E-state index contributed by atoms with van der Waals surface area (Å²) in [6.07, 6.45) is 7.39. The van der Waals surface area contributed by atoms with Crippen molar-refractivity contribution in [3.8, 4) is 11.4 Å². The maximum Gasteiger partial charge on any atom is 0.315 e. The van der Waals surface area contributed by atoms with Gasteiger partial charge in [-0.15, -0.1) is 0 Å². The minimum Gasteiger partial charge on any atom is -0.331 e. The van der Waals surface area contributed by atoms with Crippen molar-refractivity contribution in [2.75, 3.05) is 0 Å². The SMILES string of the molecule is Cc1nc(CNC(=O)NCc2ncnn2-c2cncc(C3CC3)c2)n(-c2ccc(Cl)c(F)c2)n1. The first kappa shape index (κ1) is 22.0. The van der Waals surface area contributed by atoms with E-state index in [1.165, 1.54) is 41.5 Å². The summed E-state index contributed by atoms with van der Waals surface area (Å²) in [7, 11) is 0. The number of hydrogen-bond donors (Lipinski definition) is 2. The quantitative estimate of drug-likeness (QED) is 0.419. The van der Waals surface area contributed by atoms with Crippen LogP contribution in [0.3, 0.4) is 0 Å². The second-order valence-electron chi connectivity index (χ2n) is 7.96. The van der Waals surface area contributed by atoms with E-state index < -0.39 is 11.8 Å². The van der Waals surface area contributed by atoms with Crippen molar-refractivity contribution in [1.82, 2.24) is 45.1 Å². The van der Waals surface area contributed by atoms with Gasteiger partial charge in [0.1, 0.15) is 18.0 Å². The fourth-order valence-electron chi connectivity index (χ4n) is 3.58. The summed E-state index contributed by atoms with van der Waals surface area (Å²) in [4.78, 5) is 25.3. The third-order valence-electron chi connectivity index (χ3n) is 5.40. The number of nitrogens with one attached hydrogen (secondary N) is 2.